The highest BCUT2D eigenvalue weighted by Crippen LogP contribution is 2.42. The summed E-state index contributed by atoms with van der Waals surface area (Å²) in [6.45, 7) is 7.23. The standard InChI is InChI=1S/C17H31N/c1-17(2,3)15-11-9-14(10-12-15)16(18-4)13-7-5-6-8-13/h7,14-16,18H,5-6,8-12H2,1-4H3. The second-order valence-electron chi connectivity index (χ2n) is 7.42. The lowest BCUT2D eigenvalue weighted by Gasteiger charge is -2.40. The highest BCUT2D eigenvalue weighted by molar-refractivity contribution is 5.16. The van der Waals surface area contributed by atoms with Crippen molar-refractivity contribution in [3.05, 3.63) is 11.6 Å². The molecule has 0 aromatic rings. The lowest BCUT2D eigenvalue weighted by atomic mass is 9.68. The quantitative estimate of drug-likeness (QED) is 0.724. The molecule has 104 valence electrons. The number of likely N-dealkylation sites (N-methyl/N-ethyl adjacent to an activating group) is 1. The summed E-state index contributed by atoms with van der Waals surface area (Å²) < 4.78 is 0. The lowest BCUT2D eigenvalue weighted by Crippen LogP contribution is -2.38. The Bertz CT molecular complexity index is 289. The van der Waals surface area contributed by atoms with Crippen LogP contribution in [0.5, 0.6) is 0 Å². The Balaban J connectivity index is 1.92. The Morgan fingerprint density at radius 1 is 1.17 bits per heavy atom. The fourth-order valence-corrected chi connectivity index (χ4v) is 4.02. The van der Waals surface area contributed by atoms with Crippen molar-refractivity contribution < 1.29 is 0 Å². The van der Waals surface area contributed by atoms with Crippen LogP contribution in [0.1, 0.15) is 65.7 Å². The Morgan fingerprint density at radius 2 is 1.83 bits per heavy atom. The van der Waals surface area contributed by atoms with Crippen LogP contribution in [0.2, 0.25) is 0 Å². The molecule has 0 aromatic carbocycles. The van der Waals surface area contributed by atoms with E-state index in [1.54, 1.807) is 5.57 Å². The molecule has 0 aliphatic heterocycles. The van der Waals surface area contributed by atoms with Gasteiger partial charge in [-0.3, -0.25) is 0 Å². The average molecular weight is 249 g/mol. The summed E-state index contributed by atoms with van der Waals surface area (Å²) >= 11 is 0. The third kappa shape index (κ3) is 3.17. The highest BCUT2D eigenvalue weighted by atomic mass is 14.9. The third-order valence-electron chi connectivity index (χ3n) is 5.25. The average Bonchev–Trinajstić information content (AvgIpc) is 2.83. The predicted molar refractivity (Wildman–Crippen MR) is 79.7 cm³/mol. The Morgan fingerprint density at radius 3 is 2.28 bits per heavy atom. The van der Waals surface area contributed by atoms with E-state index in [2.05, 4.69) is 39.2 Å². The second-order valence-corrected chi connectivity index (χ2v) is 7.42. The van der Waals surface area contributed by atoms with Crippen LogP contribution in [0.15, 0.2) is 11.6 Å². The molecule has 2 rings (SSSR count). The minimum absolute atomic E-state index is 0.507. The minimum atomic E-state index is 0.507. The van der Waals surface area contributed by atoms with Gasteiger partial charge < -0.3 is 5.32 Å². The van der Waals surface area contributed by atoms with Gasteiger partial charge in [0.05, 0.1) is 0 Å². The number of allylic oxidation sites excluding steroid dienone is 1. The zero-order valence-corrected chi connectivity index (χ0v) is 12.8. The van der Waals surface area contributed by atoms with Crippen molar-refractivity contribution in [3.8, 4) is 0 Å². The molecular weight excluding hydrogens is 218 g/mol. The SMILES string of the molecule is CNC(C1=CCCC1)C1CCC(C(C)(C)C)CC1. The molecule has 0 heterocycles. The topological polar surface area (TPSA) is 12.0 Å². The maximum absolute atomic E-state index is 3.60. The van der Waals surface area contributed by atoms with E-state index in [1.807, 2.05) is 0 Å². The first-order valence-electron chi connectivity index (χ1n) is 7.88. The van der Waals surface area contributed by atoms with Gasteiger partial charge in [-0.2, -0.15) is 0 Å². The molecule has 1 unspecified atom stereocenters. The Labute approximate surface area is 113 Å². The highest BCUT2D eigenvalue weighted by Gasteiger charge is 2.33. The number of hydrogen-bond acceptors (Lipinski definition) is 1. The van der Waals surface area contributed by atoms with Crippen LogP contribution in [0.25, 0.3) is 0 Å². The molecule has 0 bridgehead atoms. The van der Waals surface area contributed by atoms with Gasteiger partial charge in [0.2, 0.25) is 0 Å². The van der Waals surface area contributed by atoms with Crippen molar-refractivity contribution in [2.75, 3.05) is 7.05 Å². The first kappa shape index (κ1) is 14.1. The van der Waals surface area contributed by atoms with Crippen LogP contribution in [0, 0.1) is 17.3 Å². The van der Waals surface area contributed by atoms with Crippen molar-refractivity contribution in [1.29, 1.82) is 0 Å². The molecule has 1 heteroatoms. The predicted octanol–water partition coefficient (Wildman–Crippen LogP) is 4.54. The van der Waals surface area contributed by atoms with Gasteiger partial charge in [-0.05, 0) is 69.2 Å². The molecule has 1 atom stereocenters. The Hall–Kier alpha value is -0.300. The Kier molecular flexibility index (Phi) is 4.53. The molecule has 18 heavy (non-hydrogen) atoms. The zero-order valence-electron chi connectivity index (χ0n) is 12.8. The fraction of sp³-hybridized carbons (Fsp3) is 0.882. The van der Waals surface area contributed by atoms with Gasteiger partial charge in [0.1, 0.15) is 0 Å². The third-order valence-corrected chi connectivity index (χ3v) is 5.25. The maximum Gasteiger partial charge on any atom is 0.0305 e. The monoisotopic (exact) mass is 249 g/mol. The molecule has 2 aliphatic rings. The van der Waals surface area contributed by atoms with E-state index < -0.39 is 0 Å². The molecule has 1 fully saturated rings. The number of hydrogen-bond donors (Lipinski definition) is 1. The van der Waals surface area contributed by atoms with E-state index in [1.165, 1.54) is 44.9 Å². The van der Waals surface area contributed by atoms with Crippen molar-refractivity contribution in [2.24, 2.45) is 17.3 Å². The summed E-state index contributed by atoms with van der Waals surface area (Å²) in [6.07, 6.45) is 12.2. The lowest BCUT2D eigenvalue weighted by molar-refractivity contribution is 0.139. The first-order chi connectivity index (χ1) is 8.52. The van der Waals surface area contributed by atoms with Gasteiger partial charge in [0, 0.05) is 6.04 Å². The van der Waals surface area contributed by atoms with E-state index in [4.69, 9.17) is 0 Å². The van der Waals surface area contributed by atoms with Gasteiger partial charge in [-0.1, -0.05) is 32.4 Å². The van der Waals surface area contributed by atoms with Gasteiger partial charge >= 0.3 is 0 Å². The molecule has 0 aromatic heterocycles. The molecule has 1 nitrogen and oxygen atoms in total. The van der Waals surface area contributed by atoms with Crippen LogP contribution < -0.4 is 5.32 Å². The summed E-state index contributed by atoms with van der Waals surface area (Å²) in [5, 5.41) is 3.60. The summed E-state index contributed by atoms with van der Waals surface area (Å²) in [6, 6.07) is 0.674. The summed E-state index contributed by atoms with van der Waals surface area (Å²) in [5.74, 6) is 1.82. The molecule has 0 radical (unpaired) electrons. The molecule has 0 amide bonds. The van der Waals surface area contributed by atoms with Crippen LogP contribution in [0.3, 0.4) is 0 Å². The van der Waals surface area contributed by atoms with Crippen LogP contribution in [-0.2, 0) is 0 Å². The smallest absolute Gasteiger partial charge is 0.0305 e. The summed E-state index contributed by atoms with van der Waals surface area (Å²) in [7, 11) is 2.15. The van der Waals surface area contributed by atoms with Gasteiger partial charge in [0.25, 0.3) is 0 Å². The van der Waals surface area contributed by atoms with Crippen molar-refractivity contribution in [2.45, 2.75) is 71.8 Å². The van der Waals surface area contributed by atoms with E-state index >= 15 is 0 Å². The minimum Gasteiger partial charge on any atom is -0.313 e. The molecule has 1 saturated carbocycles. The van der Waals surface area contributed by atoms with Crippen molar-refractivity contribution in [1.82, 2.24) is 5.32 Å². The summed E-state index contributed by atoms with van der Waals surface area (Å²) in [5.41, 5.74) is 2.21. The van der Waals surface area contributed by atoms with Crippen molar-refractivity contribution >= 4 is 0 Å². The molecule has 2 aliphatic carbocycles. The fourth-order valence-electron chi connectivity index (χ4n) is 4.02. The largest absolute Gasteiger partial charge is 0.313 e. The first-order valence-corrected chi connectivity index (χ1v) is 7.88. The van der Waals surface area contributed by atoms with E-state index in [9.17, 15) is 0 Å². The molecule has 0 saturated heterocycles. The number of nitrogens with one attached hydrogen (secondary N) is 1. The number of rotatable bonds is 3. The molecule has 1 N–H and O–H groups in total. The normalized spacial score (nSPS) is 31.2. The van der Waals surface area contributed by atoms with E-state index in [0.717, 1.165) is 11.8 Å². The molecular formula is C17H31N. The summed E-state index contributed by atoms with van der Waals surface area (Å²) in [4.78, 5) is 0. The van der Waals surface area contributed by atoms with Crippen LogP contribution in [-0.4, -0.2) is 13.1 Å². The van der Waals surface area contributed by atoms with Gasteiger partial charge in [0.15, 0.2) is 0 Å². The van der Waals surface area contributed by atoms with Gasteiger partial charge in [-0.25, -0.2) is 0 Å². The van der Waals surface area contributed by atoms with Crippen LogP contribution in [0.4, 0.5) is 0 Å². The second kappa shape index (κ2) is 5.77. The van der Waals surface area contributed by atoms with Crippen molar-refractivity contribution in [3.63, 3.8) is 0 Å². The van der Waals surface area contributed by atoms with Gasteiger partial charge in [-0.15, -0.1) is 0 Å². The zero-order chi connectivity index (χ0) is 13.2. The van der Waals surface area contributed by atoms with E-state index in [-0.39, 0.29) is 0 Å². The maximum atomic E-state index is 3.60. The van der Waals surface area contributed by atoms with Crippen LogP contribution >= 0.6 is 0 Å². The molecule has 0 spiro atoms. The van der Waals surface area contributed by atoms with E-state index in [0.29, 0.717) is 11.5 Å².